The van der Waals surface area contributed by atoms with E-state index in [1.165, 1.54) is 0 Å². The molecular formula is C27H26O3PS+. The first-order valence-electron chi connectivity index (χ1n) is 10.4. The molecule has 0 aliphatic heterocycles. The third-order valence-electron chi connectivity index (χ3n) is 5.85. The molecule has 0 aliphatic carbocycles. The van der Waals surface area contributed by atoms with E-state index in [0.717, 1.165) is 32.6 Å². The minimum absolute atomic E-state index is 0.0267. The van der Waals surface area contributed by atoms with Crippen molar-refractivity contribution in [3.05, 3.63) is 114 Å². The van der Waals surface area contributed by atoms with Crippen LogP contribution in [0.15, 0.2) is 102 Å². The number of rotatable bonds is 5. The van der Waals surface area contributed by atoms with E-state index in [1.807, 2.05) is 61.5 Å². The molecule has 0 heterocycles. The highest BCUT2D eigenvalue weighted by atomic mass is 32.2. The fraction of sp³-hybridized carbons (Fsp3) is 0.111. The van der Waals surface area contributed by atoms with Crippen molar-refractivity contribution >= 4 is 38.6 Å². The largest absolute Gasteiger partial charge is 0.298 e. The van der Waals surface area contributed by atoms with Crippen LogP contribution in [0.5, 0.6) is 0 Å². The molecule has 0 atom stereocenters. The molecule has 4 aromatic rings. The summed E-state index contributed by atoms with van der Waals surface area (Å²) in [6, 6.07) is 31.8. The molecule has 0 saturated carbocycles. The maximum atomic E-state index is 12.7. The highest BCUT2D eigenvalue weighted by molar-refractivity contribution is 8.02. The van der Waals surface area contributed by atoms with Crippen molar-refractivity contribution in [3.63, 3.8) is 0 Å². The minimum Gasteiger partial charge on any atom is -0.282 e. The van der Waals surface area contributed by atoms with Gasteiger partial charge in [0.15, 0.2) is 0 Å². The summed E-state index contributed by atoms with van der Waals surface area (Å²) in [7, 11) is -7.13. The summed E-state index contributed by atoms with van der Waals surface area (Å²) in [5.74, 6) is 0. The number of benzene rings is 4. The van der Waals surface area contributed by atoms with Crippen molar-refractivity contribution in [2.75, 3.05) is 0 Å². The van der Waals surface area contributed by atoms with Crippen LogP contribution >= 0.6 is 7.26 Å². The zero-order valence-electron chi connectivity index (χ0n) is 18.4. The molecule has 0 aromatic heterocycles. The summed E-state index contributed by atoms with van der Waals surface area (Å²) in [5.41, 5.74) is 2.94. The predicted octanol–water partition coefficient (Wildman–Crippen LogP) is 4.48. The van der Waals surface area contributed by atoms with Gasteiger partial charge >= 0.3 is 0 Å². The van der Waals surface area contributed by atoms with Gasteiger partial charge in [0, 0.05) is 0 Å². The smallest absolute Gasteiger partial charge is 0.282 e. The molecule has 0 bridgehead atoms. The first-order valence-corrected chi connectivity index (χ1v) is 13.6. The average Bonchev–Trinajstić information content (AvgIpc) is 2.77. The monoisotopic (exact) mass is 461 g/mol. The van der Waals surface area contributed by atoms with Gasteiger partial charge in [0.2, 0.25) is 0 Å². The Hall–Kier alpha value is -2.78. The zero-order chi connectivity index (χ0) is 22.9. The molecule has 4 aromatic carbocycles. The molecular weight excluding hydrogens is 435 g/mol. The van der Waals surface area contributed by atoms with Gasteiger partial charge in [-0.15, -0.1) is 0 Å². The van der Waals surface area contributed by atoms with E-state index in [2.05, 4.69) is 50.2 Å². The van der Waals surface area contributed by atoms with Gasteiger partial charge < -0.3 is 0 Å². The molecule has 3 nitrogen and oxygen atoms in total. The van der Waals surface area contributed by atoms with E-state index < -0.39 is 17.4 Å². The minimum atomic E-state index is -4.46. The molecule has 5 heteroatoms. The van der Waals surface area contributed by atoms with Crippen molar-refractivity contribution in [1.29, 1.82) is 0 Å². The van der Waals surface area contributed by atoms with Crippen LogP contribution in [0.4, 0.5) is 0 Å². The predicted molar refractivity (Wildman–Crippen MR) is 135 cm³/mol. The number of hydrogen-bond acceptors (Lipinski definition) is 2. The molecule has 1 N–H and O–H groups in total. The van der Waals surface area contributed by atoms with Crippen LogP contribution in [0.1, 0.15) is 16.7 Å². The highest BCUT2D eigenvalue weighted by Gasteiger charge is 2.52. The van der Waals surface area contributed by atoms with E-state index >= 15 is 0 Å². The lowest BCUT2D eigenvalue weighted by molar-refractivity contribution is 0.484. The Kier molecular flexibility index (Phi) is 6.05. The van der Waals surface area contributed by atoms with Gasteiger partial charge in [-0.2, -0.15) is 8.42 Å². The average molecular weight is 462 g/mol. The van der Waals surface area contributed by atoms with Gasteiger partial charge in [-0.3, -0.25) is 4.55 Å². The van der Waals surface area contributed by atoms with Crippen LogP contribution in [0.2, 0.25) is 0 Å². The van der Waals surface area contributed by atoms with Gasteiger partial charge in [0.25, 0.3) is 10.1 Å². The Morgan fingerprint density at radius 3 is 1.62 bits per heavy atom. The van der Waals surface area contributed by atoms with Gasteiger partial charge in [-0.05, 0) is 73.9 Å². The summed E-state index contributed by atoms with van der Waals surface area (Å²) in [5, 5.41) is 3.83. The van der Waals surface area contributed by atoms with E-state index in [4.69, 9.17) is 0 Å². The normalized spacial score (nSPS) is 12.0. The molecule has 0 fully saturated rings. The SMILES string of the molecule is Cc1ccc([P+](c2ccccc2)(c2ccccc2C)c2ccccc2C)c(S(=O)(=O)O)c1. The second-order valence-electron chi connectivity index (χ2n) is 8.03. The van der Waals surface area contributed by atoms with Gasteiger partial charge in [0.05, 0.1) is 0 Å². The topological polar surface area (TPSA) is 54.4 Å². The van der Waals surface area contributed by atoms with Gasteiger partial charge in [-0.1, -0.05) is 60.7 Å². The van der Waals surface area contributed by atoms with Crippen LogP contribution in [0, 0.1) is 20.8 Å². The van der Waals surface area contributed by atoms with Crippen LogP contribution < -0.4 is 21.2 Å². The molecule has 162 valence electrons. The Bertz CT molecular complexity index is 1330. The lowest BCUT2D eigenvalue weighted by atomic mass is 10.2. The maximum absolute atomic E-state index is 12.7. The van der Waals surface area contributed by atoms with Crippen molar-refractivity contribution in [2.24, 2.45) is 0 Å². The van der Waals surface area contributed by atoms with Crippen molar-refractivity contribution < 1.29 is 13.0 Å². The standard InChI is InChI=1S/C27H25O3PS/c1-20-17-18-26(27(19-20)32(28,29)30)31(23-13-5-4-6-14-23,24-15-9-7-11-21(24)2)25-16-10-8-12-22(25)3/h4-19H,1-3H3/p+1. The second-order valence-corrected chi connectivity index (χ2v) is 12.7. The first-order chi connectivity index (χ1) is 15.3. The summed E-state index contributed by atoms with van der Waals surface area (Å²) in [4.78, 5) is -0.0267. The first kappa shape index (κ1) is 22.4. The summed E-state index contributed by atoms with van der Waals surface area (Å²) in [6.45, 7) is 5.96. The van der Waals surface area contributed by atoms with E-state index in [0.29, 0.717) is 5.30 Å². The third kappa shape index (κ3) is 3.80. The molecule has 0 radical (unpaired) electrons. The molecule has 0 amide bonds. The zero-order valence-corrected chi connectivity index (χ0v) is 20.1. The quantitative estimate of drug-likeness (QED) is 0.352. The van der Waals surface area contributed by atoms with Crippen molar-refractivity contribution in [1.82, 2.24) is 0 Å². The lowest BCUT2D eigenvalue weighted by Crippen LogP contribution is -2.42. The summed E-state index contributed by atoms with van der Waals surface area (Å²) in [6.07, 6.45) is 0. The molecule has 0 spiro atoms. The third-order valence-corrected chi connectivity index (χ3v) is 11.5. The fourth-order valence-electron chi connectivity index (χ4n) is 4.44. The molecule has 0 aliphatic rings. The molecule has 32 heavy (non-hydrogen) atoms. The van der Waals surface area contributed by atoms with E-state index in [1.54, 1.807) is 6.07 Å². The Morgan fingerprint density at radius 2 is 1.12 bits per heavy atom. The molecule has 4 rings (SSSR count). The van der Waals surface area contributed by atoms with Crippen LogP contribution in [0.25, 0.3) is 0 Å². The van der Waals surface area contributed by atoms with Crippen LogP contribution in [-0.4, -0.2) is 13.0 Å². The fourth-order valence-corrected chi connectivity index (χ4v) is 10.6. The van der Waals surface area contributed by atoms with Gasteiger partial charge in [-0.25, -0.2) is 0 Å². The number of hydrogen-bond donors (Lipinski definition) is 1. The van der Waals surface area contributed by atoms with E-state index in [9.17, 15) is 13.0 Å². The Balaban J connectivity index is 2.31. The van der Waals surface area contributed by atoms with Gasteiger partial charge in [0.1, 0.15) is 33.4 Å². The van der Waals surface area contributed by atoms with Crippen molar-refractivity contribution in [3.8, 4) is 0 Å². The Morgan fingerprint density at radius 1 is 0.625 bits per heavy atom. The number of aryl methyl sites for hydroxylation is 3. The summed E-state index contributed by atoms with van der Waals surface area (Å²) >= 11 is 0. The van der Waals surface area contributed by atoms with Crippen molar-refractivity contribution in [2.45, 2.75) is 25.7 Å². The lowest BCUT2D eigenvalue weighted by Gasteiger charge is -2.31. The van der Waals surface area contributed by atoms with Crippen LogP contribution in [-0.2, 0) is 10.1 Å². The Labute approximate surface area is 190 Å². The molecule has 0 saturated heterocycles. The van der Waals surface area contributed by atoms with Crippen LogP contribution in [0.3, 0.4) is 0 Å². The molecule has 0 unspecified atom stereocenters. The second kappa shape index (κ2) is 8.63. The highest BCUT2D eigenvalue weighted by Crippen LogP contribution is 2.56. The van der Waals surface area contributed by atoms with E-state index in [-0.39, 0.29) is 4.90 Å². The maximum Gasteiger partial charge on any atom is 0.298 e. The summed E-state index contributed by atoms with van der Waals surface area (Å²) < 4.78 is 35.7.